The maximum atomic E-state index is 12.7. The molecule has 1 aliphatic heterocycles. The first-order chi connectivity index (χ1) is 13.6. The minimum atomic E-state index is -0.427. The van der Waals surface area contributed by atoms with E-state index in [9.17, 15) is 9.59 Å². The normalized spacial score (nSPS) is 14.8. The Labute approximate surface area is 161 Å². The minimum absolute atomic E-state index is 0.0507. The molecule has 3 heterocycles. The second-order valence-corrected chi connectivity index (χ2v) is 6.69. The molecule has 1 saturated heterocycles. The second kappa shape index (κ2) is 7.67. The van der Waals surface area contributed by atoms with Crippen LogP contribution >= 0.6 is 0 Å². The summed E-state index contributed by atoms with van der Waals surface area (Å²) in [6.07, 6.45) is 2.80. The van der Waals surface area contributed by atoms with Crippen LogP contribution in [0.15, 0.2) is 57.9 Å². The summed E-state index contributed by atoms with van der Waals surface area (Å²) in [5, 5.41) is 8.48. The molecule has 2 aromatic heterocycles. The number of hydrogen-bond donors (Lipinski definition) is 0. The van der Waals surface area contributed by atoms with Gasteiger partial charge in [0.25, 0.3) is 5.91 Å². The number of rotatable bonds is 4. The van der Waals surface area contributed by atoms with Crippen molar-refractivity contribution in [2.45, 2.75) is 25.9 Å². The van der Waals surface area contributed by atoms with Crippen molar-refractivity contribution in [1.82, 2.24) is 19.9 Å². The summed E-state index contributed by atoms with van der Waals surface area (Å²) in [5.74, 6) is 0.873. The third kappa shape index (κ3) is 3.95. The van der Waals surface area contributed by atoms with Gasteiger partial charge in [0.05, 0.1) is 18.0 Å². The SMILES string of the molecule is Cc1cc(OC2CCN(C(=O)c3cnn(-c4ccccc4)n3)CC2)cc(=O)o1. The zero-order valence-electron chi connectivity index (χ0n) is 15.4. The summed E-state index contributed by atoms with van der Waals surface area (Å²) in [4.78, 5) is 27.4. The van der Waals surface area contributed by atoms with Crippen LogP contribution in [0.1, 0.15) is 29.1 Å². The molecule has 1 amide bonds. The number of carbonyl (C=O) groups is 1. The van der Waals surface area contributed by atoms with Gasteiger partial charge in [-0.05, 0) is 19.1 Å². The molecule has 8 nitrogen and oxygen atoms in total. The van der Waals surface area contributed by atoms with Gasteiger partial charge in [0.15, 0.2) is 5.69 Å². The van der Waals surface area contributed by atoms with Crippen molar-refractivity contribution < 1.29 is 13.9 Å². The summed E-state index contributed by atoms with van der Waals surface area (Å²) in [6, 6.07) is 12.5. The summed E-state index contributed by atoms with van der Waals surface area (Å²) in [5.41, 5.74) is 0.694. The van der Waals surface area contributed by atoms with Gasteiger partial charge in [-0.25, -0.2) is 4.79 Å². The number of para-hydroxylation sites is 1. The Morgan fingerprint density at radius 2 is 1.93 bits per heavy atom. The van der Waals surface area contributed by atoms with Crippen molar-refractivity contribution in [2.24, 2.45) is 0 Å². The minimum Gasteiger partial charge on any atom is -0.490 e. The van der Waals surface area contributed by atoms with Crippen molar-refractivity contribution in [2.75, 3.05) is 13.1 Å². The third-order valence-electron chi connectivity index (χ3n) is 4.60. The lowest BCUT2D eigenvalue weighted by Gasteiger charge is -2.31. The fourth-order valence-corrected chi connectivity index (χ4v) is 3.22. The van der Waals surface area contributed by atoms with Crippen LogP contribution in [0.4, 0.5) is 0 Å². The van der Waals surface area contributed by atoms with E-state index in [0.29, 0.717) is 43.1 Å². The van der Waals surface area contributed by atoms with Gasteiger partial charge < -0.3 is 14.1 Å². The third-order valence-corrected chi connectivity index (χ3v) is 4.60. The summed E-state index contributed by atoms with van der Waals surface area (Å²) >= 11 is 0. The van der Waals surface area contributed by atoms with Crippen LogP contribution in [0.5, 0.6) is 5.75 Å². The summed E-state index contributed by atoms with van der Waals surface area (Å²) in [7, 11) is 0. The molecule has 0 aliphatic carbocycles. The van der Waals surface area contributed by atoms with Gasteiger partial charge in [-0.15, -0.1) is 5.10 Å². The first-order valence-electron chi connectivity index (χ1n) is 9.14. The molecule has 144 valence electrons. The van der Waals surface area contributed by atoms with E-state index in [1.807, 2.05) is 30.3 Å². The van der Waals surface area contributed by atoms with E-state index in [2.05, 4.69) is 10.2 Å². The smallest absolute Gasteiger partial charge is 0.339 e. The Morgan fingerprint density at radius 3 is 2.64 bits per heavy atom. The van der Waals surface area contributed by atoms with E-state index in [4.69, 9.17) is 9.15 Å². The monoisotopic (exact) mass is 380 g/mol. The van der Waals surface area contributed by atoms with E-state index in [1.54, 1.807) is 17.9 Å². The molecule has 0 atom stereocenters. The average Bonchev–Trinajstić information content (AvgIpc) is 3.18. The number of likely N-dealkylation sites (tertiary alicyclic amines) is 1. The van der Waals surface area contributed by atoms with Crippen LogP contribution in [0.2, 0.25) is 0 Å². The number of amides is 1. The molecular formula is C20H20N4O4. The van der Waals surface area contributed by atoms with Gasteiger partial charge in [0, 0.05) is 32.0 Å². The van der Waals surface area contributed by atoms with Crippen molar-refractivity contribution in [1.29, 1.82) is 0 Å². The summed E-state index contributed by atoms with van der Waals surface area (Å²) in [6.45, 7) is 2.82. The maximum absolute atomic E-state index is 12.7. The molecule has 4 rings (SSSR count). The Balaban J connectivity index is 1.36. The molecule has 1 aromatic carbocycles. The van der Waals surface area contributed by atoms with Gasteiger partial charge in [-0.1, -0.05) is 18.2 Å². The lowest BCUT2D eigenvalue weighted by atomic mass is 10.1. The first kappa shape index (κ1) is 18.0. The number of nitrogens with zero attached hydrogens (tertiary/aromatic N) is 4. The summed E-state index contributed by atoms with van der Waals surface area (Å²) < 4.78 is 10.8. The molecule has 0 unspecified atom stereocenters. The first-order valence-corrected chi connectivity index (χ1v) is 9.14. The quantitative estimate of drug-likeness (QED) is 0.689. The van der Waals surface area contributed by atoms with Crippen LogP contribution in [0.3, 0.4) is 0 Å². The fraction of sp³-hybridized carbons (Fsp3) is 0.300. The molecule has 1 aliphatic rings. The number of benzene rings is 1. The van der Waals surface area contributed by atoms with Crippen molar-refractivity contribution in [3.63, 3.8) is 0 Å². The lowest BCUT2D eigenvalue weighted by Crippen LogP contribution is -2.42. The number of ether oxygens (including phenoxy) is 1. The fourth-order valence-electron chi connectivity index (χ4n) is 3.22. The van der Waals surface area contributed by atoms with Crippen LogP contribution in [0.25, 0.3) is 5.69 Å². The molecule has 8 heteroatoms. The lowest BCUT2D eigenvalue weighted by molar-refractivity contribution is 0.0588. The van der Waals surface area contributed by atoms with E-state index in [-0.39, 0.29) is 12.0 Å². The van der Waals surface area contributed by atoms with Crippen LogP contribution in [-0.2, 0) is 0 Å². The zero-order chi connectivity index (χ0) is 19.5. The van der Waals surface area contributed by atoms with Crippen LogP contribution < -0.4 is 10.4 Å². The Bertz CT molecular complexity index is 1020. The maximum Gasteiger partial charge on any atom is 0.339 e. The topological polar surface area (TPSA) is 90.5 Å². The number of hydrogen-bond acceptors (Lipinski definition) is 6. The van der Waals surface area contributed by atoms with E-state index < -0.39 is 5.63 Å². The average molecular weight is 380 g/mol. The molecular weight excluding hydrogens is 360 g/mol. The van der Waals surface area contributed by atoms with Crippen LogP contribution in [-0.4, -0.2) is 45.0 Å². The van der Waals surface area contributed by atoms with Crippen LogP contribution in [0, 0.1) is 6.92 Å². The van der Waals surface area contributed by atoms with E-state index >= 15 is 0 Å². The zero-order valence-corrected chi connectivity index (χ0v) is 15.4. The largest absolute Gasteiger partial charge is 0.490 e. The highest BCUT2D eigenvalue weighted by Crippen LogP contribution is 2.20. The second-order valence-electron chi connectivity index (χ2n) is 6.69. The Kier molecular flexibility index (Phi) is 4.92. The number of aromatic nitrogens is 3. The predicted octanol–water partition coefficient (Wildman–Crippen LogP) is 2.21. The molecule has 1 fully saturated rings. The van der Waals surface area contributed by atoms with Gasteiger partial charge in [0.1, 0.15) is 17.6 Å². The molecule has 28 heavy (non-hydrogen) atoms. The molecule has 3 aromatic rings. The van der Waals surface area contributed by atoms with Crippen molar-refractivity contribution >= 4 is 5.91 Å². The molecule has 0 spiro atoms. The predicted molar refractivity (Wildman–Crippen MR) is 101 cm³/mol. The highest BCUT2D eigenvalue weighted by atomic mass is 16.5. The van der Waals surface area contributed by atoms with Gasteiger partial charge in [-0.2, -0.15) is 9.90 Å². The van der Waals surface area contributed by atoms with Gasteiger partial charge in [-0.3, -0.25) is 4.79 Å². The Hall–Kier alpha value is -3.42. The highest BCUT2D eigenvalue weighted by molar-refractivity contribution is 5.92. The Morgan fingerprint density at radius 1 is 1.18 bits per heavy atom. The number of carbonyl (C=O) groups excluding carboxylic acids is 1. The van der Waals surface area contributed by atoms with E-state index in [0.717, 1.165) is 5.69 Å². The van der Waals surface area contributed by atoms with Gasteiger partial charge >= 0.3 is 5.63 Å². The molecule has 0 bridgehead atoms. The number of aryl methyl sites for hydroxylation is 1. The highest BCUT2D eigenvalue weighted by Gasteiger charge is 2.26. The standard InChI is InChI=1S/C20H20N4O4/c1-14-11-17(12-19(25)27-14)28-16-7-9-23(10-8-16)20(26)18-13-21-24(22-18)15-5-3-2-4-6-15/h2-6,11-13,16H,7-10H2,1H3. The number of piperidine rings is 1. The molecule has 0 radical (unpaired) electrons. The van der Waals surface area contributed by atoms with E-state index in [1.165, 1.54) is 17.1 Å². The van der Waals surface area contributed by atoms with Gasteiger partial charge in [0.2, 0.25) is 0 Å². The molecule has 0 saturated carbocycles. The molecule has 0 N–H and O–H groups in total. The van der Waals surface area contributed by atoms with Crippen molar-refractivity contribution in [3.8, 4) is 11.4 Å². The van der Waals surface area contributed by atoms with Crippen molar-refractivity contribution in [3.05, 3.63) is 70.5 Å².